The van der Waals surface area contributed by atoms with Crippen molar-refractivity contribution in [3.8, 4) is 5.88 Å². The molecule has 0 radical (unpaired) electrons. The number of aromatic nitrogens is 1. The Kier molecular flexibility index (Phi) is 7.41. The number of carbonyl (C=O) groups is 1. The van der Waals surface area contributed by atoms with Gasteiger partial charge in [-0.2, -0.15) is 0 Å². The van der Waals surface area contributed by atoms with Crippen LogP contribution in [0.15, 0.2) is 35.4 Å². The van der Waals surface area contributed by atoms with Crippen LogP contribution in [0, 0.1) is 6.92 Å². The molecule has 7 heteroatoms. The van der Waals surface area contributed by atoms with Crippen molar-refractivity contribution in [3.63, 3.8) is 0 Å². The third-order valence-corrected chi connectivity index (χ3v) is 4.99. The van der Waals surface area contributed by atoms with Crippen LogP contribution >= 0.6 is 35.0 Å². The van der Waals surface area contributed by atoms with Crippen molar-refractivity contribution in [3.05, 3.63) is 51.6 Å². The number of benzene rings is 1. The molecule has 0 bridgehead atoms. The van der Waals surface area contributed by atoms with Gasteiger partial charge in [-0.1, -0.05) is 42.3 Å². The topological polar surface area (TPSA) is 51.2 Å². The Bertz CT molecular complexity index is 756. The zero-order valence-corrected chi connectivity index (χ0v) is 16.6. The third-order valence-electron chi connectivity index (χ3n) is 3.62. The van der Waals surface area contributed by atoms with Gasteiger partial charge in [0.1, 0.15) is 5.02 Å². The predicted octanol–water partition coefficient (Wildman–Crippen LogP) is 4.89. The molecule has 2 aromatic rings. The van der Waals surface area contributed by atoms with Crippen molar-refractivity contribution in [1.82, 2.24) is 10.3 Å². The molecule has 0 aliphatic heterocycles. The molecular weight excluding hydrogens is 379 g/mol. The molecule has 2 rings (SSSR count). The van der Waals surface area contributed by atoms with Gasteiger partial charge in [0.15, 0.2) is 6.10 Å². The normalized spacial score (nSPS) is 11.9. The van der Waals surface area contributed by atoms with E-state index in [1.54, 1.807) is 11.8 Å². The lowest BCUT2D eigenvalue weighted by molar-refractivity contribution is -0.128. The lowest BCUT2D eigenvalue weighted by atomic mass is 10.1. The Morgan fingerprint density at radius 3 is 2.72 bits per heavy atom. The average Bonchev–Trinajstić information content (AvgIpc) is 2.59. The first kappa shape index (κ1) is 19.9. The molecule has 0 aliphatic carbocycles. The summed E-state index contributed by atoms with van der Waals surface area (Å²) in [4.78, 5) is 17.7. The van der Waals surface area contributed by atoms with Crippen LogP contribution in [0.3, 0.4) is 0 Å². The van der Waals surface area contributed by atoms with Crippen LogP contribution in [-0.4, -0.2) is 23.3 Å². The van der Waals surface area contributed by atoms with E-state index in [4.69, 9.17) is 27.9 Å². The van der Waals surface area contributed by atoms with Gasteiger partial charge in [0.25, 0.3) is 5.91 Å². The summed E-state index contributed by atoms with van der Waals surface area (Å²) in [5, 5.41) is 3.59. The van der Waals surface area contributed by atoms with E-state index in [0.29, 0.717) is 18.0 Å². The lowest BCUT2D eigenvalue weighted by Crippen LogP contribution is -2.37. The van der Waals surface area contributed by atoms with Gasteiger partial charge in [-0.15, -0.1) is 11.8 Å². The number of nitrogens with zero attached hydrogens (tertiary/aromatic N) is 1. The Hall–Kier alpha value is -1.43. The van der Waals surface area contributed by atoms with E-state index in [-0.39, 0.29) is 16.8 Å². The molecule has 134 valence electrons. The van der Waals surface area contributed by atoms with Crippen LogP contribution in [0.25, 0.3) is 0 Å². The molecule has 1 amide bonds. The summed E-state index contributed by atoms with van der Waals surface area (Å²) in [7, 11) is 0. The number of halogens is 2. The highest BCUT2D eigenvalue weighted by Gasteiger charge is 2.20. The van der Waals surface area contributed by atoms with Crippen molar-refractivity contribution in [1.29, 1.82) is 0 Å². The van der Waals surface area contributed by atoms with Crippen LogP contribution in [0.2, 0.25) is 10.0 Å². The number of aryl methyl sites for hydroxylation is 1. The van der Waals surface area contributed by atoms with E-state index in [2.05, 4.69) is 29.4 Å². The minimum atomic E-state index is -0.669. The highest BCUT2D eigenvalue weighted by Crippen LogP contribution is 2.26. The number of hydrogen-bond acceptors (Lipinski definition) is 4. The molecule has 0 spiro atoms. The fraction of sp³-hybridized carbons (Fsp3) is 0.333. The number of thioether (sulfide) groups is 1. The Morgan fingerprint density at radius 2 is 2.12 bits per heavy atom. The molecular formula is C18H20Cl2N2O2S. The van der Waals surface area contributed by atoms with Gasteiger partial charge in [0.05, 0.1) is 5.02 Å². The molecule has 25 heavy (non-hydrogen) atoms. The summed E-state index contributed by atoms with van der Waals surface area (Å²) in [5.74, 6) is -0.00449. The second kappa shape index (κ2) is 9.32. The summed E-state index contributed by atoms with van der Waals surface area (Å²) < 4.78 is 5.64. The fourth-order valence-corrected chi connectivity index (χ4v) is 3.31. The van der Waals surface area contributed by atoms with Crippen LogP contribution in [-0.2, 0) is 11.3 Å². The van der Waals surface area contributed by atoms with Gasteiger partial charge in [-0.3, -0.25) is 4.79 Å². The Balaban J connectivity index is 1.98. The predicted molar refractivity (Wildman–Crippen MR) is 104 cm³/mol. The summed E-state index contributed by atoms with van der Waals surface area (Å²) in [6, 6.07) is 7.68. The molecule has 1 N–H and O–H groups in total. The number of amides is 1. The number of ether oxygens (including phenoxy) is 1. The van der Waals surface area contributed by atoms with Crippen molar-refractivity contribution in [2.45, 2.75) is 37.8 Å². The van der Waals surface area contributed by atoms with E-state index in [1.807, 2.05) is 19.2 Å². The third kappa shape index (κ3) is 5.53. The molecule has 0 saturated carbocycles. The highest BCUT2D eigenvalue weighted by molar-refractivity contribution is 7.98. The van der Waals surface area contributed by atoms with Gasteiger partial charge < -0.3 is 10.1 Å². The van der Waals surface area contributed by atoms with Gasteiger partial charge in [0, 0.05) is 17.6 Å². The van der Waals surface area contributed by atoms with Gasteiger partial charge in [-0.05, 0) is 42.9 Å². The van der Waals surface area contributed by atoms with Crippen molar-refractivity contribution in [2.75, 3.05) is 6.26 Å². The largest absolute Gasteiger partial charge is 0.463 e. The zero-order valence-electron chi connectivity index (χ0n) is 14.3. The van der Waals surface area contributed by atoms with E-state index in [1.165, 1.54) is 22.7 Å². The molecule has 0 aliphatic rings. The maximum Gasteiger partial charge on any atom is 0.261 e. The first-order valence-corrected chi connectivity index (χ1v) is 9.81. The maximum absolute atomic E-state index is 12.4. The molecule has 1 aromatic carbocycles. The zero-order chi connectivity index (χ0) is 18.4. The van der Waals surface area contributed by atoms with E-state index in [0.717, 1.165) is 5.56 Å². The van der Waals surface area contributed by atoms with E-state index in [9.17, 15) is 4.79 Å². The van der Waals surface area contributed by atoms with Crippen LogP contribution in [0.1, 0.15) is 24.5 Å². The standard InChI is InChI=1S/C18H20Cl2N2O2S/c1-4-15(24-18-14(20)8-13(19)10-22-18)17(23)21-9-12-5-6-16(25-3)11(2)7-12/h5-8,10,15H,4,9H2,1-3H3,(H,21,23). The number of hydrogen-bond donors (Lipinski definition) is 1. The molecule has 0 fully saturated rings. The maximum atomic E-state index is 12.4. The molecule has 0 saturated heterocycles. The van der Waals surface area contributed by atoms with Crippen molar-refractivity contribution >= 4 is 40.9 Å². The minimum absolute atomic E-state index is 0.202. The number of pyridine rings is 1. The highest BCUT2D eigenvalue weighted by atomic mass is 35.5. The second-order valence-electron chi connectivity index (χ2n) is 5.48. The molecule has 1 heterocycles. The van der Waals surface area contributed by atoms with Gasteiger partial charge >= 0.3 is 0 Å². The van der Waals surface area contributed by atoms with E-state index < -0.39 is 6.10 Å². The van der Waals surface area contributed by atoms with Crippen molar-refractivity contribution < 1.29 is 9.53 Å². The smallest absolute Gasteiger partial charge is 0.261 e. The molecule has 1 unspecified atom stereocenters. The quantitative estimate of drug-likeness (QED) is 0.674. The average molecular weight is 399 g/mol. The fourth-order valence-electron chi connectivity index (χ4n) is 2.30. The van der Waals surface area contributed by atoms with Gasteiger partial charge in [0.2, 0.25) is 5.88 Å². The first-order chi connectivity index (χ1) is 11.9. The number of nitrogens with one attached hydrogen (secondary N) is 1. The Morgan fingerprint density at radius 1 is 1.36 bits per heavy atom. The second-order valence-corrected chi connectivity index (χ2v) is 7.17. The summed E-state index contributed by atoms with van der Waals surface area (Å²) in [6.45, 7) is 4.37. The molecule has 4 nitrogen and oxygen atoms in total. The van der Waals surface area contributed by atoms with Crippen LogP contribution < -0.4 is 10.1 Å². The summed E-state index contributed by atoms with van der Waals surface area (Å²) in [5.41, 5.74) is 2.24. The summed E-state index contributed by atoms with van der Waals surface area (Å²) >= 11 is 13.6. The lowest BCUT2D eigenvalue weighted by Gasteiger charge is -2.17. The molecule has 1 atom stereocenters. The number of rotatable bonds is 7. The summed E-state index contributed by atoms with van der Waals surface area (Å²) in [6.07, 6.45) is 3.31. The van der Waals surface area contributed by atoms with Gasteiger partial charge in [-0.25, -0.2) is 4.98 Å². The van der Waals surface area contributed by atoms with Crippen LogP contribution in [0.5, 0.6) is 5.88 Å². The van der Waals surface area contributed by atoms with Crippen molar-refractivity contribution in [2.24, 2.45) is 0 Å². The SMILES string of the molecule is CCC(Oc1ncc(Cl)cc1Cl)C(=O)NCc1ccc(SC)c(C)c1. The Labute approximate surface area is 162 Å². The molecule has 1 aromatic heterocycles. The monoisotopic (exact) mass is 398 g/mol. The minimum Gasteiger partial charge on any atom is -0.463 e. The van der Waals surface area contributed by atoms with Crippen LogP contribution in [0.4, 0.5) is 0 Å². The number of carbonyl (C=O) groups excluding carboxylic acids is 1. The first-order valence-electron chi connectivity index (χ1n) is 7.83. The van der Waals surface area contributed by atoms with E-state index >= 15 is 0 Å².